The molecular formula is C92H143N25O30. The third-order valence-electron chi connectivity index (χ3n) is 23.2. The largest absolute Gasteiger partial charge is 0.396 e. The van der Waals surface area contributed by atoms with Gasteiger partial charge in [0, 0.05) is 115 Å². The Labute approximate surface area is 854 Å². The van der Waals surface area contributed by atoms with Crippen molar-refractivity contribution in [3.63, 3.8) is 0 Å². The van der Waals surface area contributed by atoms with Crippen molar-refractivity contribution in [1.29, 1.82) is 0 Å². The summed E-state index contributed by atoms with van der Waals surface area (Å²) in [6, 6.07) is -0.836. The highest BCUT2D eigenvalue weighted by Gasteiger charge is 2.57. The average molecular weight is 2080 g/mol. The van der Waals surface area contributed by atoms with Gasteiger partial charge in [0.2, 0.25) is 5.91 Å². The van der Waals surface area contributed by atoms with Crippen molar-refractivity contribution in [1.82, 2.24) is 110 Å². The summed E-state index contributed by atoms with van der Waals surface area (Å²) in [5.74, 6) is 8.03. The molecule has 0 radical (unpaired) electrons. The quantitative estimate of drug-likeness (QED) is 0.00953. The number of methoxy groups -OCH3 is 11. The summed E-state index contributed by atoms with van der Waals surface area (Å²) in [7, 11) is 16.9. The summed E-state index contributed by atoms with van der Waals surface area (Å²) in [5.41, 5.74) is 12.3. The Morgan fingerprint density at radius 2 is 0.789 bits per heavy atom. The number of azide groups is 1. The number of rotatable bonds is 71. The number of ether oxygens (including phenoxy) is 26. The summed E-state index contributed by atoms with van der Waals surface area (Å²) in [4.78, 5) is 46.3. The molecule has 19 atom stereocenters. The fraction of sp³-hybridized carbons (Fsp3) is 0.728. The number of aromatic nitrogens is 18. The van der Waals surface area contributed by atoms with Crippen LogP contribution in [0.25, 0.3) is 10.4 Å². The standard InChI is InChI=1S/C52H70N20O12.C39H69N5O18.CH4/c1-5-19-75-27-31-81-41-45-35-67(59-53-45)13-9-65(10-14-68-36-46(54-60-68)42-82-32-28-76-20-6-2)51(73)49-39-71(63-57-49)17-23-79-25-26-80-24-18-72-40-50(58-64-72)52(74)66(11-15-69-37-47(55-61-69)43-83-33-29-77-21-7-3)12-16-70-38-48(56-62-70)44-84-34-30-78-22-8-4;1-19-26(42-22-13-20(16-47-2)21(15-45)27(50-5)28(22)51-6)31(52-7)35(56-11)38(58-19)61-30-24(18-49-4)60-39(36(57-12)33(30)54-9)62-29-23(17-48-3)59-37(34(55-10)32(29)53-8)43-25(46)14-41-44-40;/h1-4,35-40H,9-34,41-44H2;13,19,21-24,26-39,42,45H,14-18H2,1-12H3,(H,43,46);1H4. The first-order valence-electron chi connectivity index (χ1n) is 47.2. The van der Waals surface area contributed by atoms with Crippen LogP contribution >= 0.6 is 0 Å². The third kappa shape index (κ3) is 38.7. The minimum Gasteiger partial charge on any atom is -0.396 e. The van der Waals surface area contributed by atoms with E-state index in [4.69, 9.17) is 154 Å². The Morgan fingerprint density at radius 3 is 1.16 bits per heavy atom. The van der Waals surface area contributed by atoms with Gasteiger partial charge in [-0.15, -0.1) is 56.3 Å². The molecule has 0 aromatic carbocycles. The van der Waals surface area contributed by atoms with Crippen molar-refractivity contribution in [3.8, 4) is 49.4 Å². The number of amides is 3. The SMILES string of the molecule is C.C#CCOCCOCc1cn(CCN(CCn2cc(COCCOCC#C)nn2)C(=O)c2cn(CCOCCOCCn3cc(C(=O)N(CCn4cc(COCCOCC#C)nn4)CCn4cc(COCCOCC#C)nn4)nn3)nn2)nn1.COCC1=CC(NC2C(C)OC(OC3C(COC)OC(OC4C(COC)OC(NC(=O)CN=[N+]=[N-])C(OC)C4OC)C(OC)C3OC)C(OC)C2OC)C(OC)C(OC)C1CO. The number of hydrogen-bond donors (Lipinski definition) is 3. The van der Waals surface area contributed by atoms with Crippen LogP contribution in [0, 0.1) is 55.3 Å². The van der Waals surface area contributed by atoms with Crippen LogP contribution in [0.15, 0.2) is 53.9 Å². The number of aliphatic hydroxyl groups is 1. The first-order chi connectivity index (χ1) is 71.3. The van der Waals surface area contributed by atoms with Gasteiger partial charge in [0.25, 0.3) is 11.8 Å². The normalized spacial score (nSPS) is 23.3. The van der Waals surface area contributed by atoms with Crippen LogP contribution in [0.2, 0.25) is 0 Å². The summed E-state index contributed by atoms with van der Waals surface area (Å²) >= 11 is 0. The Morgan fingerprint density at radius 1 is 0.429 bits per heavy atom. The summed E-state index contributed by atoms with van der Waals surface area (Å²) in [6.45, 7) is 10.4. The van der Waals surface area contributed by atoms with E-state index in [-0.39, 0.29) is 168 Å². The highest BCUT2D eigenvalue weighted by atomic mass is 16.8. The molecule has 1 aliphatic carbocycles. The van der Waals surface area contributed by atoms with Gasteiger partial charge in [-0.1, -0.05) is 73.6 Å². The zero-order valence-corrected chi connectivity index (χ0v) is 84.6. The molecule has 19 unspecified atom stereocenters. The minimum atomic E-state index is -1.12. The molecule has 4 aliphatic rings. The van der Waals surface area contributed by atoms with Crippen molar-refractivity contribution in [2.75, 3.05) is 243 Å². The van der Waals surface area contributed by atoms with E-state index in [1.54, 1.807) is 101 Å². The second kappa shape index (κ2) is 68.9. The molecular weight excluding hydrogens is 1940 g/mol. The van der Waals surface area contributed by atoms with E-state index >= 15 is 0 Å². The number of aliphatic hydroxyl groups excluding tert-OH is 1. The highest BCUT2D eigenvalue weighted by molar-refractivity contribution is 5.92. The molecule has 147 heavy (non-hydrogen) atoms. The highest BCUT2D eigenvalue weighted by Crippen LogP contribution is 2.38. The van der Waals surface area contributed by atoms with E-state index in [0.29, 0.717) is 122 Å². The molecule has 0 saturated carbocycles. The molecule has 3 aliphatic heterocycles. The van der Waals surface area contributed by atoms with Gasteiger partial charge in [0.05, 0.1) is 233 Å². The van der Waals surface area contributed by atoms with Gasteiger partial charge in [-0.25, -0.2) is 9.36 Å². The van der Waals surface area contributed by atoms with Gasteiger partial charge in [-0.3, -0.25) is 33.1 Å². The van der Waals surface area contributed by atoms with Crippen LogP contribution < -0.4 is 10.6 Å². The van der Waals surface area contributed by atoms with Gasteiger partial charge < -0.3 is 149 Å². The summed E-state index contributed by atoms with van der Waals surface area (Å²) in [6.07, 6.45) is 20.2. The van der Waals surface area contributed by atoms with Crippen LogP contribution in [-0.4, -0.2) is 476 Å². The Bertz CT molecular complexity index is 4620. The first-order valence-corrected chi connectivity index (χ1v) is 47.2. The van der Waals surface area contributed by atoms with Crippen LogP contribution in [0.5, 0.6) is 0 Å². The lowest BCUT2D eigenvalue weighted by atomic mass is 9.80. The molecule has 6 aromatic rings. The van der Waals surface area contributed by atoms with Crippen LogP contribution in [0.1, 0.15) is 58.1 Å². The summed E-state index contributed by atoms with van der Waals surface area (Å²) < 4.78 is 162. The second-order valence-electron chi connectivity index (χ2n) is 32.9. The maximum absolute atomic E-state index is 13.9. The zero-order valence-electron chi connectivity index (χ0n) is 84.6. The molecule has 3 N–H and O–H groups in total. The third-order valence-corrected chi connectivity index (χ3v) is 23.2. The van der Waals surface area contributed by atoms with E-state index in [1.807, 2.05) is 13.0 Å². The van der Waals surface area contributed by atoms with E-state index in [9.17, 15) is 19.5 Å². The molecule has 10 rings (SSSR count). The lowest BCUT2D eigenvalue weighted by Gasteiger charge is -2.51. The number of hydrogen-bond acceptors (Lipinski definition) is 44. The maximum Gasteiger partial charge on any atom is 0.276 e. The number of terminal acetylenes is 4. The number of carbonyl (C=O) groups excluding carboxylic acids is 3. The molecule has 3 fully saturated rings. The number of nitrogens with one attached hydrogen (secondary N) is 2. The molecule has 3 saturated heterocycles. The smallest absolute Gasteiger partial charge is 0.276 e. The van der Waals surface area contributed by atoms with Crippen molar-refractivity contribution < 1.29 is 143 Å². The first kappa shape index (κ1) is 122. The Balaban J connectivity index is 0.000000373. The van der Waals surface area contributed by atoms with Gasteiger partial charge >= 0.3 is 0 Å². The Kier molecular flexibility index (Phi) is 57.0. The van der Waals surface area contributed by atoms with Crippen molar-refractivity contribution >= 4 is 17.7 Å². The molecule has 9 heterocycles. The predicted molar refractivity (Wildman–Crippen MR) is 512 cm³/mol. The lowest BCUT2D eigenvalue weighted by molar-refractivity contribution is -0.375. The maximum atomic E-state index is 13.9. The average Bonchev–Trinajstić information content (AvgIpc) is 1.66. The van der Waals surface area contributed by atoms with Crippen LogP contribution in [-0.2, 0) is 194 Å². The molecule has 3 amide bonds. The van der Waals surface area contributed by atoms with Gasteiger partial charge in [0.15, 0.2) is 30.2 Å². The van der Waals surface area contributed by atoms with E-state index in [0.717, 1.165) is 5.57 Å². The zero-order chi connectivity index (χ0) is 105. The summed E-state index contributed by atoms with van der Waals surface area (Å²) in [5, 5.41) is 70.2. The van der Waals surface area contributed by atoms with Crippen molar-refractivity contribution in [2.24, 2.45) is 11.0 Å². The molecule has 6 aromatic heterocycles. The second-order valence-corrected chi connectivity index (χ2v) is 32.9. The minimum absolute atomic E-state index is 0. The van der Waals surface area contributed by atoms with Crippen molar-refractivity contribution in [3.05, 3.63) is 93.4 Å². The fourth-order valence-electron chi connectivity index (χ4n) is 16.3. The monoisotopic (exact) mass is 2080 g/mol. The van der Waals surface area contributed by atoms with Gasteiger partial charge in [0.1, 0.15) is 123 Å². The number of carbonyl (C=O) groups is 3. The van der Waals surface area contributed by atoms with Crippen LogP contribution in [0.3, 0.4) is 0 Å². The fourth-order valence-corrected chi connectivity index (χ4v) is 16.3. The van der Waals surface area contributed by atoms with E-state index < -0.39 is 117 Å². The molecule has 0 bridgehead atoms. The van der Waals surface area contributed by atoms with E-state index in [2.05, 4.69) is 106 Å². The van der Waals surface area contributed by atoms with E-state index in [1.165, 1.54) is 52.0 Å². The lowest BCUT2D eigenvalue weighted by Crippen LogP contribution is -2.69. The van der Waals surface area contributed by atoms with Gasteiger partial charge in [-0.05, 0) is 18.0 Å². The van der Waals surface area contributed by atoms with Crippen LogP contribution in [0.4, 0.5) is 0 Å². The number of nitrogens with zero attached hydrogens (tertiary/aromatic N) is 23. The topological polar surface area (TPSA) is 575 Å². The van der Waals surface area contributed by atoms with Crippen molar-refractivity contribution in [2.45, 2.75) is 190 Å². The van der Waals surface area contributed by atoms with Gasteiger partial charge in [-0.2, -0.15) is 0 Å². The molecule has 0 spiro atoms. The predicted octanol–water partition coefficient (Wildman–Crippen LogP) is -1.73. The molecule has 55 heteroatoms. The molecule has 816 valence electrons. The Hall–Kier alpha value is -10.6. The molecule has 55 nitrogen and oxygen atoms in total.